The van der Waals surface area contributed by atoms with Crippen LogP contribution in [0.1, 0.15) is 62.1 Å². The Balaban J connectivity index is 1.85. The van der Waals surface area contributed by atoms with Crippen molar-refractivity contribution in [3.05, 3.63) is 35.4 Å². The minimum Gasteiger partial charge on any atom is -0.310 e. The second-order valence-electron chi connectivity index (χ2n) is 5.89. The third-order valence-corrected chi connectivity index (χ3v) is 4.58. The molecule has 2 unspecified atom stereocenters. The molecule has 1 saturated carbocycles. The largest absolute Gasteiger partial charge is 0.310 e. The highest BCUT2D eigenvalue weighted by Gasteiger charge is 2.26. The summed E-state index contributed by atoms with van der Waals surface area (Å²) >= 11 is 0. The van der Waals surface area contributed by atoms with E-state index in [2.05, 4.69) is 36.5 Å². The molecule has 1 aliphatic heterocycles. The van der Waals surface area contributed by atoms with Crippen molar-refractivity contribution in [2.45, 2.75) is 51.0 Å². The van der Waals surface area contributed by atoms with Crippen molar-refractivity contribution in [3.63, 3.8) is 0 Å². The van der Waals surface area contributed by atoms with Crippen LogP contribution in [0.4, 0.5) is 0 Å². The maximum atomic E-state index is 3.71. The Morgan fingerprint density at radius 3 is 2.47 bits per heavy atom. The summed E-state index contributed by atoms with van der Waals surface area (Å²) in [6.07, 6.45) is 6.87. The first-order valence-electron chi connectivity index (χ1n) is 7.17. The summed E-state index contributed by atoms with van der Waals surface area (Å²) in [5.74, 6) is 1.72. The van der Waals surface area contributed by atoms with Crippen LogP contribution in [-0.2, 0) is 0 Å². The molecule has 0 spiro atoms. The first kappa shape index (κ1) is 11.3. The molecule has 2 atom stereocenters. The molecule has 2 aliphatic rings. The molecule has 1 heteroatoms. The third kappa shape index (κ3) is 2.26. The fourth-order valence-corrected chi connectivity index (χ4v) is 3.26. The number of nitrogens with one attached hydrogen (secondary N) is 1. The van der Waals surface area contributed by atoms with Crippen LogP contribution in [0.15, 0.2) is 24.3 Å². The molecule has 2 fully saturated rings. The first-order chi connectivity index (χ1) is 8.34. The normalized spacial score (nSPS) is 29.9. The SMILES string of the molecule is CC1CCNC(c2ccccc2C2CCC2)C1. The summed E-state index contributed by atoms with van der Waals surface area (Å²) in [5.41, 5.74) is 3.22. The zero-order valence-electron chi connectivity index (χ0n) is 10.8. The van der Waals surface area contributed by atoms with Crippen LogP contribution in [0, 0.1) is 5.92 Å². The van der Waals surface area contributed by atoms with E-state index in [0.717, 1.165) is 11.8 Å². The highest BCUT2D eigenvalue weighted by Crippen LogP contribution is 2.41. The molecule has 1 saturated heterocycles. The minimum absolute atomic E-state index is 0.607. The predicted molar refractivity (Wildman–Crippen MR) is 72.2 cm³/mol. The number of benzene rings is 1. The van der Waals surface area contributed by atoms with Crippen LogP contribution < -0.4 is 5.32 Å². The van der Waals surface area contributed by atoms with Gasteiger partial charge < -0.3 is 5.32 Å². The van der Waals surface area contributed by atoms with Gasteiger partial charge in [-0.1, -0.05) is 37.6 Å². The van der Waals surface area contributed by atoms with Gasteiger partial charge >= 0.3 is 0 Å². The summed E-state index contributed by atoms with van der Waals surface area (Å²) in [5, 5.41) is 3.71. The van der Waals surface area contributed by atoms with Crippen LogP contribution in [0.3, 0.4) is 0 Å². The maximum absolute atomic E-state index is 3.71. The van der Waals surface area contributed by atoms with E-state index in [1.807, 2.05) is 0 Å². The van der Waals surface area contributed by atoms with Crippen LogP contribution >= 0.6 is 0 Å². The van der Waals surface area contributed by atoms with E-state index in [1.165, 1.54) is 38.6 Å². The Hall–Kier alpha value is -0.820. The van der Waals surface area contributed by atoms with Gasteiger partial charge in [0.05, 0.1) is 0 Å². The summed E-state index contributed by atoms with van der Waals surface area (Å²) in [7, 11) is 0. The van der Waals surface area contributed by atoms with Gasteiger partial charge in [-0.2, -0.15) is 0 Å². The van der Waals surface area contributed by atoms with Crippen molar-refractivity contribution >= 4 is 0 Å². The molecule has 92 valence electrons. The molecule has 0 radical (unpaired) electrons. The Bertz CT molecular complexity index is 381. The highest BCUT2D eigenvalue weighted by molar-refractivity contribution is 5.34. The second kappa shape index (κ2) is 4.81. The van der Waals surface area contributed by atoms with E-state index in [4.69, 9.17) is 0 Å². The molecule has 1 aromatic carbocycles. The Morgan fingerprint density at radius 1 is 1.06 bits per heavy atom. The first-order valence-corrected chi connectivity index (χ1v) is 7.17. The van der Waals surface area contributed by atoms with E-state index < -0.39 is 0 Å². The molecule has 0 bridgehead atoms. The fraction of sp³-hybridized carbons (Fsp3) is 0.625. The van der Waals surface area contributed by atoms with Gasteiger partial charge in [-0.05, 0) is 55.2 Å². The molecule has 17 heavy (non-hydrogen) atoms. The Kier molecular flexibility index (Phi) is 3.19. The Labute approximate surface area is 105 Å². The molecule has 0 amide bonds. The van der Waals surface area contributed by atoms with Gasteiger partial charge in [0, 0.05) is 6.04 Å². The van der Waals surface area contributed by atoms with Gasteiger partial charge in [0.2, 0.25) is 0 Å². The van der Waals surface area contributed by atoms with Crippen molar-refractivity contribution in [2.24, 2.45) is 5.92 Å². The van der Waals surface area contributed by atoms with Crippen LogP contribution in [0.2, 0.25) is 0 Å². The number of hydrogen-bond donors (Lipinski definition) is 1. The van der Waals surface area contributed by atoms with Crippen LogP contribution in [-0.4, -0.2) is 6.54 Å². The minimum atomic E-state index is 0.607. The third-order valence-electron chi connectivity index (χ3n) is 4.58. The lowest BCUT2D eigenvalue weighted by molar-refractivity contribution is 0.320. The van der Waals surface area contributed by atoms with Gasteiger partial charge in [-0.15, -0.1) is 0 Å². The van der Waals surface area contributed by atoms with Crippen LogP contribution in [0.25, 0.3) is 0 Å². The van der Waals surface area contributed by atoms with Gasteiger partial charge in [0.25, 0.3) is 0 Å². The summed E-state index contributed by atoms with van der Waals surface area (Å²) in [4.78, 5) is 0. The molecule has 1 heterocycles. The predicted octanol–water partition coefficient (Wildman–Crippen LogP) is 4.01. The second-order valence-corrected chi connectivity index (χ2v) is 5.89. The molecule has 1 N–H and O–H groups in total. The monoisotopic (exact) mass is 229 g/mol. The molecule has 3 rings (SSSR count). The lowest BCUT2D eigenvalue weighted by Gasteiger charge is -2.34. The van der Waals surface area contributed by atoms with Crippen molar-refractivity contribution in [3.8, 4) is 0 Å². The van der Waals surface area contributed by atoms with Crippen molar-refractivity contribution in [1.29, 1.82) is 0 Å². The Morgan fingerprint density at radius 2 is 1.82 bits per heavy atom. The molecule has 1 aromatic rings. The zero-order valence-corrected chi connectivity index (χ0v) is 10.8. The van der Waals surface area contributed by atoms with Crippen LogP contribution in [0.5, 0.6) is 0 Å². The highest BCUT2D eigenvalue weighted by atomic mass is 14.9. The van der Waals surface area contributed by atoms with Gasteiger partial charge in [0.1, 0.15) is 0 Å². The maximum Gasteiger partial charge on any atom is 0.0325 e. The lowest BCUT2D eigenvalue weighted by atomic mass is 9.76. The van der Waals surface area contributed by atoms with E-state index in [9.17, 15) is 0 Å². The topological polar surface area (TPSA) is 12.0 Å². The van der Waals surface area contributed by atoms with Gasteiger partial charge in [-0.3, -0.25) is 0 Å². The zero-order chi connectivity index (χ0) is 11.7. The molecule has 1 nitrogen and oxygen atoms in total. The van der Waals surface area contributed by atoms with Crippen molar-refractivity contribution in [1.82, 2.24) is 5.32 Å². The van der Waals surface area contributed by atoms with E-state index in [-0.39, 0.29) is 0 Å². The van der Waals surface area contributed by atoms with Gasteiger partial charge in [-0.25, -0.2) is 0 Å². The number of rotatable bonds is 2. The van der Waals surface area contributed by atoms with E-state index in [0.29, 0.717) is 6.04 Å². The lowest BCUT2D eigenvalue weighted by Crippen LogP contribution is -2.31. The number of hydrogen-bond acceptors (Lipinski definition) is 1. The average molecular weight is 229 g/mol. The molecular formula is C16H23N. The smallest absolute Gasteiger partial charge is 0.0325 e. The number of piperidine rings is 1. The summed E-state index contributed by atoms with van der Waals surface area (Å²) in [6, 6.07) is 9.74. The molecule has 0 aromatic heterocycles. The van der Waals surface area contributed by atoms with Crippen molar-refractivity contribution in [2.75, 3.05) is 6.54 Å². The van der Waals surface area contributed by atoms with Gasteiger partial charge in [0.15, 0.2) is 0 Å². The fourth-order valence-electron chi connectivity index (χ4n) is 3.26. The van der Waals surface area contributed by atoms with E-state index >= 15 is 0 Å². The standard InChI is InChI=1S/C16H23N/c1-12-9-10-17-16(11-12)15-8-3-2-7-14(15)13-5-4-6-13/h2-3,7-8,12-13,16-17H,4-6,9-11H2,1H3. The van der Waals surface area contributed by atoms with E-state index in [1.54, 1.807) is 11.1 Å². The van der Waals surface area contributed by atoms with Crippen molar-refractivity contribution < 1.29 is 0 Å². The molecular weight excluding hydrogens is 206 g/mol. The summed E-state index contributed by atoms with van der Waals surface area (Å²) in [6.45, 7) is 3.57. The summed E-state index contributed by atoms with van der Waals surface area (Å²) < 4.78 is 0. The molecule has 1 aliphatic carbocycles. The quantitative estimate of drug-likeness (QED) is 0.808. The average Bonchev–Trinajstić information content (AvgIpc) is 2.27.